The Bertz CT molecular complexity index is 844. The zero-order valence-corrected chi connectivity index (χ0v) is 14.4. The van der Waals surface area contributed by atoms with Crippen molar-refractivity contribution in [1.82, 2.24) is 0 Å². The fourth-order valence-electron chi connectivity index (χ4n) is 2.21. The van der Waals surface area contributed by atoms with Crippen LogP contribution in [-0.4, -0.2) is 35.8 Å². The minimum absolute atomic E-state index is 0.264. The Hall–Kier alpha value is -3.48. The van der Waals surface area contributed by atoms with Crippen LogP contribution in [0.25, 0.3) is 6.08 Å². The van der Waals surface area contributed by atoms with Crippen LogP contribution in [0.4, 0.5) is 5.69 Å². The number of carboxylic acid groups (broad SMARTS) is 1. The molecule has 136 valence electrons. The molecule has 0 aromatic heterocycles. The number of phenols is 1. The lowest BCUT2D eigenvalue weighted by atomic mass is 10.1. The van der Waals surface area contributed by atoms with E-state index in [1.54, 1.807) is 31.4 Å². The van der Waals surface area contributed by atoms with E-state index in [-0.39, 0.29) is 17.0 Å². The second-order valence-corrected chi connectivity index (χ2v) is 5.20. The Balaban J connectivity index is 2.11. The SMILES string of the molecule is CCOc1cc(/C=C/C(=O)Nc2ccc(O)c(C(=O)O)c2)ccc1OC. The molecule has 0 saturated heterocycles. The average Bonchev–Trinajstić information content (AvgIpc) is 2.62. The van der Waals surface area contributed by atoms with Crippen molar-refractivity contribution < 1.29 is 29.3 Å². The van der Waals surface area contributed by atoms with Crippen molar-refractivity contribution in [1.29, 1.82) is 0 Å². The number of anilines is 1. The minimum atomic E-state index is -1.28. The van der Waals surface area contributed by atoms with Gasteiger partial charge in [-0.1, -0.05) is 6.07 Å². The first kappa shape index (κ1) is 18.9. The lowest BCUT2D eigenvalue weighted by molar-refractivity contribution is -0.111. The van der Waals surface area contributed by atoms with Crippen molar-refractivity contribution in [3.63, 3.8) is 0 Å². The van der Waals surface area contributed by atoms with Gasteiger partial charge < -0.3 is 25.0 Å². The fraction of sp³-hybridized carbons (Fsp3) is 0.158. The molecule has 0 aliphatic carbocycles. The van der Waals surface area contributed by atoms with Crippen molar-refractivity contribution in [2.45, 2.75) is 6.92 Å². The maximum Gasteiger partial charge on any atom is 0.339 e. The molecule has 0 aliphatic heterocycles. The van der Waals surface area contributed by atoms with E-state index >= 15 is 0 Å². The Morgan fingerprint density at radius 1 is 1.15 bits per heavy atom. The maximum absolute atomic E-state index is 12.0. The number of aromatic hydroxyl groups is 1. The first-order valence-corrected chi connectivity index (χ1v) is 7.80. The van der Waals surface area contributed by atoms with Gasteiger partial charge in [0.1, 0.15) is 11.3 Å². The molecule has 1 amide bonds. The lowest BCUT2D eigenvalue weighted by Crippen LogP contribution is -2.08. The van der Waals surface area contributed by atoms with Crippen LogP contribution in [0.2, 0.25) is 0 Å². The average molecular weight is 357 g/mol. The van der Waals surface area contributed by atoms with Crippen molar-refractivity contribution >= 4 is 23.6 Å². The van der Waals surface area contributed by atoms with Crippen LogP contribution >= 0.6 is 0 Å². The maximum atomic E-state index is 12.0. The number of carbonyl (C=O) groups excluding carboxylic acids is 1. The summed E-state index contributed by atoms with van der Waals surface area (Å²) >= 11 is 0. The molecule has 26 heavy (non-hydrogen) atoms. The first-order valence-electron chi connectivity index (χ1n) is 7.80. The van der Waals surface area contributed by atoms with E-state index in [0.717, 1.165) is 5.56 Å². The Morgan fingerprint density at radius 3 is 2.58 bits per heavy atom. The molecule has 3 N–H and O–H groups in total. The summed E-state index contributed by atoms with van der Waals surface area (Å²) in [6, 6.07) is 9.06. The highest BCUT2D eigenvalue weighted by molar-refractivity contribution is 6.03. The van der Waals surface area contributed by atoms with Crippen molar-refractivity contribution in [3.8, 4) is 17.2 Å². The molecule has 2 aromatic rings. The molecule has 0 bridgehead atoms. The van der Waals surface area contributed by atoms with E-state index in [2.05, 4.69) is 5.32 Å². The van der Waals surface area contributed by atoms with Gasteiger partial charge in [-0.3, -0.25) is 4.79 Å². The van der Waals surface area contributed by atoms with E-state index in [1.807, 2.05) is 6.92 Å². The largest absolute Gasteiger partial charge is 0.507 e. The number of nitrogens with one attached hydrogen (secondary N) is 1. The van der Waals surface area contributed by atoms with E-state index in [9.17, 15) is 14.7 Å². The van der Waals surface area contributed by atoms with Crippen LogP contribution < -0.4 is 14.8 Å². The molecular weight excluding hydrogens is 338 g/mol. The molecule has 7 nitrogen and oxygen atoms in total. The zero-order chi connectivity index (χ0) is 19.1. The summed E-state index contributed by atoms with van der Waals surface area (Å²) < 4.78 is 10.7. The predicted octanol–water partition coefficient (Wildman–Crippen LogP) is 3.15. The Kier molecular flexibility index (Phi) is 6.21. The highest BCUT2D eigenvalue weighted by atomic mass is 16.5. The predicted molar refractivity (Wildman–Crippen MR) is 96.9 cm³/mol. The van der Waals surface area contributed by atoms with Crippen LogP contribution in [0, 0.1) is 0 Å². The summed E-state index contributed by atoms with van der Waals surface area (Å²) in [7, 11) is 1.55. The first-order chi connectivity index (χ1) is 12.4. The normalized spacial score (nSPS) is 10.5. The lowest BCUT2D eigenvalue weighted by Gasteiger charge is -2.09. The molecule has 0 fully saturated rings. The van der Waals surface area contributed by atoms with Gasteiger partial charge in [0.05, 0.1) is 13.7 Å². The molecule has 2 rings (SSSR count). The summed E-state index contributed by atoms with van der Waals surface area (Å²) in [4.78, 5) is 23.0. The number of benzene rings is 2. The number of hydrogen-bond donors (Lipinski definition) is 3. The van der Waals surface area contributed by atoms with Gasteiger partial charge in [0, 0.05) is 11.8 Å². The second kappa shape index (κ2) is 8.57. The number of ether oxygens (including phenoxy) is 2. The van der Waals surface area contributed by atoms with E-state index in [0.29, 0.717) is 18.1 Å². The molecule has 0 unspecified atom stereocenters. The molecule has 7 heteroatoms. The highest BCUT2D eigenvalue weighted by Crippen LogP contribution is 2.28. The second-order valence-electron chi connectivity index (χ2n) is 5.20. The molecular formula is C19H19NO6. The Labute approximate surface area is 150 Å². The molecule has 0 radical (unpaired) electrons. The number of amides is 1. The van der Waals surface area contributed by atoms with Crippen LogP contribution in [-0.2, 0) is 4.79 Å². The molecule has 0 spiro atoms. The smallest absolute Gasteiger partial charge is 0.339 e. The van der Waals surface area contributed by atoms with Gasteiger partial charge in [0.15, 0.2) is 11.5 Å². The van der Waals surface area contributed by atoms with Crippen molar-refractivity contribution in [3.05, 3.63) is 53.6 Å². The summed E-state index contributed by atoms with van der Waals surface area (Å²) in [6.07, 6.45) is 2.90. The highest BCUT2D eigenvalue weighted by Gasteiger charge is 2.11. The summed E-state index contributed by atoms with van der Waals surface area (Å²) in [6.45, 7) is 2.34. The number of methoxy groups -OCH3 is 1. The third kappa shape index (κ3) is 4.76. The van der Waals surface area contributed by atoms with Gasteiger partial charge >= 0.3 is 5.97 Å². The van der Waals surface area contributed by atoms with Gasteiger partial charge in [-0.05, 0) is 48.9 Å². The number of carboxylic acids is 1. The van der Waals surface area contributed by atoms with Gasteiger partial charge in [-0.25, -0.2) is 4.79 Å². The van der Waals surface area contributed by atoms with Crippen LogP contribution in [0.15, 0.2) is 42.5 Å². The quantitative estimate of drug-likeness (QED) is 0.519. The number of hydrogen-bond acceptors (Lipinski definition) is 5. The van der Waals surface area contributed by atoms with Crippen LogP contribution in [0.3, 0.4) is 0 Å². The standard InChI is InChI=1S/C19H19NO6/c1-3-26-17-10-12(4-8-16(17)25-2)5-9-18(22)20-13-6-7-15(21)14(11-13)19(23)24/h4-11,21H,3H2,1-2H3,(H,20,22)(H,23,24)/b9-5+. The summed E-state index contributed by atoms with van der Waals surface area (Å²) in [5.74, 6) is -0.926. The fourth-order valence-corrected chi connectivity index (χ4v) is 2.21. The van der Waals surface area contributed by atoms with E-state index in [1.165, 1.54) is 24.3 Å². The number of aromatic carboxylic acids is 1. The monoisotopic (exact) mass is 357 g/mol. The summed E-state index contributed by atoms with van der Waals surface area (Å²) in [5.41, 5.74) is 0.712. The van der Waals surface area contributed by atoms with E-state index in [4.69, 9.17) is 14.6 Å². The van der Waals surface area contributed by atoms with E-state index < -0.39 is 11.9 Å². The molecule has 0 heterocycles. The van der Waals surface area contributed by atoms with Gasteiger partial charge in [-0.15, -0.1) is 0 Å². The van der Waals surface area contributed by atoms with Crippen molar-refractivity contribution in [2.75, 3.05) is 19.0 Å². The third-order valence-corrected chi connectivity index (χ3v) is 3.41. The van der Waals surface area contributed by atoms with Crippen molar-refractivity contribution in [2.24, 2.45) is 0 Å². The molecule has 0 aliphatic rings. The number of rotatable bonds is 7. The van der Waals surface area contributed by atoms with Gasteiger partial charge in [0.25, 0.3) is 0 Å². The molecule has 0 saturated carbocycles. The molecule has 2 aromatic carbocycles. The van der Waals surface area contributed by atoms with Crippen LogP contribution in [0.5, 0.6) is 17.2 Å². The third-order valence-electron chi connectivity index (χ3n) is 3.41. The number of carbonyl (C=O) groups is 2. The van der Waals surface area contributed by atoms with Gasteiger partial charge in [0.2, 0.25) is 5.91 Å². The topological polar surface area (TPSA) is 105 Å². The minimum Gasteiger partial charge on any atom is -0.507 e. The molecule has 0 atom stereocenters. The zero-order valence-electron chi connectivity index (χ0n) is 14.4. The summed E-state index contributed by atoms with van der Waals surface area (Å²) in [5, 5.41) is 21.0. The Morgan fingerprint density at radius 2 is 1.92 bits per heavy atom. The van der Waals surface area contributed by atoms with Gasteiger partial charge in [-0.2, -0.15) is 0 Å². The van der Waals surface area contributed by atoms with Crippen LogP contribution in [0.1, 0.15) is 22.8 Å².